The number of carbonyl (C=O) groups excluding carboxylic acids is 4. The molecule has 2 amide bonds. The molecule has 4 saturated heterocycles. The molecule has 4 aliphatic carbocycles. The number of methoxy groups -OCH3 is 1. The Morgan fingerprint density at radius 3 is 1.54 bits per heavy atom. The second-order valence-corrected chi connectivity index (χ2v) is 30.0. The summed E-state index contributed by atoms with van der Waals surface area (Å²) >= 11 is 0. The van der Waals surface area contributed by atoms with Gasteiger partial charge >= 0.3 is 12.2 Å². The van der Waals surface area contributed by atoms with Gasteiger partial charge in [0.05, 0.1) is 27.0 Å². The minimum atomic E-state index is -1.07. The highest BCUT2D eigenvalue weighted by Crippen LogP contribution is 2.39. The van der Waals surface area contributed by atoms with Gasteiger partial charge in [-0.2, -0.15) is 0 Å². The Bertz CT molecular complexity index is 2510. The van der Waals surface area contributed by atoms with Gasteiger partial charge in [0.15, 0.2) is 0 Å². The molecule has 10 atom stereocenters. The average molecular weight is 1100 g/mol. The van der Waals surface area contributed by atoms with Crippen LogP contribution in [0.15, 0.2) is 121 Å². The maximum atomic E-state index is 12.0. The Labute approximate surface area is 471 Å². The minimum absolute atomic E-state index is 0.00463. The molecule has 4 aromatic carbocycles. The number of nitrogens with zero attached hydrogens (tertiary/aromatic N) is 4. The van der Waals surface area contributed by atoms with E-state index < -0.39 is 8.07 Å². The Morgan fingerprint density at radius 2 is 1.04 bits per heavy atom. The number of aliphatic hydroxyl groups is 2. The normalized spacial score (nSPS) is 27.3. The van der Waals surface area contributed by atoms with Crippen molar-refractivity contribution in [2.75, 3.05) is 72.4 Å². The van der Waals surface area contributed by atoms with Crippen LogP contribution in [-0.2, 0) is 50.1 Å². The monoisotopic (exact) mass is 1100 g/mol. The third kappa shape index (κ3) is 17.9. The van der Waals surface area contributed by atoms with E-state index in [0.29, 0.717) is 80.4 Å². The number of rotatable bonds is 12. The van der Waals surface area contributed by atoms with Crippen molar-refractivity contribution in [2.24, 2.45) is 47.3 Å². The topological polar surface area (TPSA) is 161 Å². The molecule has 15 heteroatoms. The number of amides is 2. The van der Waals surface area contributed by atoms with Crippen molar-refractivity contribution in [3.8, 4) is 0 Å². The van der Waals surface area contributed by atoms with Crippen molar-refractivity contribution in [3.05, 3.63) is 144 Å². The molecular weight excluding hydrogens is 1010 g/mol. The maximum Gasteiger partial charge on any atom is 0.410 e. The molecule has 0 aromatic heterocycles. The second kappa shape index (κ2) is 29.5. The Kier molecular flexibility index (Phi) is 22.3. The van der Waals surface area contributed by atoms with E-state index in [-0.39, 0.29) is 36.2 Å². The lowest BCUT2D eigenvalue weighted by molar-refractivity contribution is -0.121. The van der Waals surface area contributed by atoms with Crippen molar-refractivity contribution < 1.29 is 43.6 Å². The van der Waals surface area contributed by atoms with Gasteiger partial charge in [-0.05, 0) is 97.2 Å². The van der Waals surface area contributed by atoms with E-state index in [9.17, 15) is 29.4 Å². The molecular formula is C64H89N5O9Si. The molecule has 428 valence electrons. The van der Waals surface area contributed by atoms with Gasteiger partial charge in [-0.25, -0.2) is 9.59 Å². The van der Waals surface area contributed by atoms with E-state index in [0.717, 1.165) is 108 Å². The highest BCUT2D eigenvalue weighted by molar-refractivity contribution is 6.76. The zero-order chi connectivity index (χ0) is 55.7. The summed E-state index contributed by atoms with van der Waals surface area (Å²) in [6, 6.07) is 40.4. The zero-order valence-corrected chi connectivity index (χ0v) is 48.4. The smallest absolute Gasteiger partial charge is 0.410 e. The highest BCUT2D eigenvalue weighted by atomic mass is 28.3. The van der Waals surface area contributed by atoms with Gasteiger partial charge in [-0.15, -0.1) is 0 Å². The third-order valence-electron chi connectivity index (χ3n) is 17.3. The highest BCUT2D eigenvalue weighted by Gasteiger charge is 2.45. The fourth-order valence-electron chi connectivity index (χ4n) is 13.3. The predicted octanol–water partition coefficient (Wildman–Crippen LogP) is 9.30. The first-order valence-corrected chi connectivity index (χ1v) is 32.9. The quantitative estimate of drug-likeness (QED) is 0.0913. The minimum Gasteiger partial charge on any atom is -0.445 e. The van der Waals surface area contributed by atoms with Crippen LogP contribution in [0.5, 0.6) is 0 Å². The summed E-state index contributed by atoms with van der Waals surface area (Å²) in [6.07, 6.45) is 8.11. The summed E-state index contributed by atoms with van der Waals surface area (Å²) < 4.78 is 15.9. The van der Waals surface area contributed by atoms with Crippen molar-refractivity contribution in [3.63, 3.8) is 0 Å². The number of benzene rings is 4. The molecule has 4 heterocycles. The van der Waals surface area contributed by atoms with E-state index in [1.165, 1.54) is 23.7 Å². The van der Waals surface area contributed by atoms with Crippen LogP contribution in [0, 0.1) is 47.3 Å². The molecule has 0 bridgehead atoms. The van der Waals surface area contributed by atoms with Crippen LogP contribution in [0.25, 0.3) is 0 Å². The first-order valence-electron chi connectivity index (χ1n) is 29.2. The lowest BCUT2D eigenvalue weighted by Crippen LogP contribution is -2.40. The SMILES string of the molecule is COCN(Cc1ccccc1)C[Si](C)(C)C.O=C(OCc1ccccc1)N1C[C@@H]2CCC(O)[C@@H]2C1.O=C1CC[C@H]2CN(C(=O)OCc3ccccc3)C[C@@H]12.O=C1CC[C@H]2CN(Cc3ccccc3)C[C@@H]12.OC1CC[C@H]2CNC[C@@H]12. The number of carbonyl (C=O) groups is 4. The van der Waals surface area contributed by atoms with Gasteiger partial charge in [0.1, 0.15) is 24.8 Å². The van der Waals surface area contributed by atoms with Crippen molar-refractivity contribution in [1.82, 2.24) is 24.9 Å². The molecule has 12 rings (SSSR count). The number of ketones is 2. The molecule has 79 heavy (non-hydrogen) atoms. The molecule has 4 aromatic rings. The first kappa shape index (κ1) is 59.8. The summed E-state index contributed by atoms with van der Waals surface area (Å²) in [5.41, 5.74) is 4.69. The lowest BCUT2D eigenvalue weighted by Gasteiger charge is -2.28. The van der Waals surface area contributed by atoms with E-state index in [1.54, 1.807) is 16.9 Å². The number of Topliss-reactive ketones (excluding diaryl/α,β-unsaturated/α-hetero) is 2. The zero-order valence-electron chi connectivity index (χ0n) is 47.4. The van der Waals surface area contributed by atoms with Crippen LogP contribution in [0.1, 0.15) is 73.6 Å². The van der Waals surface area contributed by atoms with Crippen LogP contribution in [0.4, 0.5) is 9.59 Å². The summed E-state index contributed by atoms with van der Waals surface area (Å²) in [5, 5.41) is 22.5. The largest absolute Gasteiger partial charge is 0.445 e. The van der Waals surface area contributed by atoms with Gasteiger partial charge in [0.25, 0.3) is 0 Å². The average Bonchev–Trinajstić information content (AvgIpc) is 4.44. The number of likely N-dealkylation sites (tertiary alicyclic amines) is 3. The van der Waals surface area contributed by atoms with Crippen LogP contribution >= 0.6 is 0 Å². The molecule has 0 spiro atoms. The molecule has 14 nitrogen and oxygen atoms in total. The Balaban J connectivity index is 0.000000132. The number of fused-ring (bicyclic) bond motifs is 4. The van der Waals surface area contributed by atoms with Crippen LogP contribution in [-0.4, -0.2) is 146 Å². The summed E-state index contributed by atoms with van der Waals surface area (Å²) in [7, 11) is 0.701. The van der Waals surface area contributed by atoms with Crippen LogP contribution in [0.2, 0.25) is 19.6 Å². The number of hydrogen-bond donors (Lipinski definition) is 3. The van der Waals surface area contributed by atoms with E-state index in [2.05, 4.69) is 89.4 Å². The molecule has 3 N–H and O–H groups in total. The van der Waals surface area contributed by atoms with E-state index in [1.807, 2.05) is 66.7 Å². The Morgan fingerprint density at radius 1 is 0.557 bits per heavy atom. The number of ether oxygens (including phenoxy) is 3. The summed E-state index contributed by atoms with van der Waals surface area (Å²) in [4.78, 5) is 55.4. The second-order valence-electron chi connectivity index (χ2n) is 24.6. The van der Waals surface area contributed by atoms with E-state index in [4.69, 9.17) is 14.2 Å². The molecule has 4 saturated carbocycles. The molecule has 8 fully saturated rings. The fraction of sp³-hybridized carbons (Fsp3) is 0.562. The molecule has 2 unspecified atom stereocenters. The summed E-state index contributed by atoms with van der Waals surface area (Å²) in [5.74, 6) is 4.32. The molecule has 0 radical (unpaired) electrons. The predicted molar refractivity (Wildman–Crippen MR) is 310 cm³/mol. The third-order valence-corrected chi connectivity index (χ3v) is 18.7. The van der Waals surface area contributed by atoms with Crippen molar-refractivity contribution in [2.45, 2.75) is 110 Å². The van der Waals surface area contributed by atoms with Gasteiger partial charge in [0.2, 0.25) is 0 Å². The van der Waals surface area contributed by atoms with Crippen molar-refractivity contribution >= 4 is 31.8 Å². The maximum absolute atomic E-state index is 12.0. The van der Waals surface area contributed by atoms with Gasteiger partial charge in [0, 0.05) is 103 Å². The number of aliphatic hydroxyl groups excluding tert-OH is 2. The Hall–Kier alpha value is -5.26. The first-order chi connectivity index (χ1) is 38.2. The standard InChI is InChI=1S/C15H19NO3.C15H17NO3.C14H17NO.C13H23NOSi.C7H13NO/c2*17-14-7-6-12-8-16(9-13(12)14)15(18)19-10-11-4-2-1-3-5-11;16-14-7-6-12-9-15(10-13(12)14)8-11-4-2-1-3-5-11;1-15-11-14(12-16(2,3)4)10-13-8-6-5-7-9-13;9-7-2-1-5-3-8-4-6(5)7/h1-5,12-14,17H,6-10H2;1-5,12-13H,6-10H2;1-5,12-13H,6-10H2;5-9H,10-12H2,1-4H3;5-9H,1-4H2/t12-,13+,14?;2*12-,13+;;5-,6+,7?/m000.0/s1. The lowest BCUT2D eigenvalue weighted by atomic mass is 10.00. The van der Waals surface area contributed by atoms with Gasteiger partial charge in [-0.1, -0.05) is 141 Å². The number of hydrogen-bond acceptors (Lipinski definition) is 12. The van der Waals surface area contributed by atoms with Crippen LogP contribution < -0.4 is 5.32 Å². The van der Waals surface area contributed by atoms with E-state index >= 15 is 0 Å². The number of nitrogens with one attached hydrogen (secondary N) is 1. The van der Waals surface area contributed by atoms with Crippen LogP contribution in [0.3, 0.4) is 0 Å². The molecule has 4 aliphatic heterocycles. The van der Waals surface area contributed by atoms with Crippen molar-refractivity contribution in [1.29, 1.82) is 0 Å². The van der Waals surface area contributed by atoms with Gasteiger partial charge < -0.3 is 39.5 Å². The fourth-order valence-corrected chi connectivity index (χ4v) is 14.8. The molecule has 8 aliphatic rings. The summed E-state index contributed by atoms with van der Waals surface area (Å²) in [6.45, 7) is 17.3. The van der Waals surface area contributed by atoms with Gasteiger partial charge in [-0.3, -0.25) is 19.4 Å².